The van der Waals surface area contributed by atoms with Crippen LogP contribution in [0.2, 0.25) is 0 Å². The van der Waals surface area contributed by atoms with Crippen LogP contribution in [0.3, 0.4) is 0 Å². The van der Waals surface area contributed by atoms with Crippen molar-refractivity contribution in [2.45, 2.75) is 24.1 Å². The van der Waals surface area contributed by atoms with Crippen molar-refractivity contribution in [2.24, 2.45) is 0 Å². The van der Waals surface area contributed by atoms with Crippen molar-refractivity contribution in [2.75, 3.05) is 26.3 Å². The molecular weight excluding hydrogens is 310 g/mol. The summed E-state index contributed by atoms with van der Waals surface area (Å²) in [5.74, 6) is 0. The number of thiophene rings is 1. The predicted molar refractivity (Wildman–Crippen MR) is 73.7 cm³/mol. The van der Waals surface area contributed by atoms with Crippen LogP contribution in [0.5, 0.6) is 0 Å². The van der Waals surface area contributed by atoms with Gasteiger partial charge >= 0.3 is 0 Å². The summed E-state index contributed by atoms with van der Waals surface area (Å²) in [5, 5.41) is 3.10. The molecule has 116 valence electrons. The van der Waals surface area contributed by atoms with Gasteiger partial charge in [0.2, 0.25) is 10.0 Å². The molecule has 0 bridgehead atoms. The molecule has 0 aliphatic heterocycles. The molecule has 0 amide bonds. The molecule has 0 unspecified atom stereocenters. The van der Waals surface area contributed by atoms with E-state index in [2.05, 4.69) is 14.8 Å². The maximum atomic E-state index is 11.9. The monoisotopic (exact) mass is 328 g/mol. The van der Waals surface area contributed by atoms with Crippen molar-refractivity contribution in [1.82, 2.24) is 10.0 Å². The normalized spacial score (nSPS) is 12.2. The van der Waals surface area contributed by atoms with Gasteiger partial charge in [0.25, 0.3) is 6.43 Å². The molecule has 20 heavy (non-hydrogen) atoms. The van der Waals surface area contributed by atoms with Crippen molar-refractivity contribution in [1.29, 1.82) is 0 Å². The second-order valence-corrected chi connectivity index (χ2v) is 7.03. The summed E-state index contributed by atoms with van der Waals surface area (Å²) in [7, 11) is -3.59. The largest absolute Gasteiger partial charge is 0.374 e. The van der Waals surface area contributed by atoms with E-state index in [4.69, 9.17) is 0 Å². The molecule has 0 aliphatic rings. The standard InChI is InChI=1S/C11H18F2N2O3S2/c1-2-14-7-9-3-4-11(19-9)20(16,17)15-5-6-18-8-10(12)13/h3-4,10,14-15H,2,5-8H2,1H3. The van der Waals surface area contributed by atoms with Gasteiger partial charge in [0.15, 0.2) is 0 Å². The Morgan fingerprint density at radius 1 is 1.40 bits per heavy atom. The molecule has 9 heteroatoms. The number of sulfonamides is 1. The molecule has 0 aromatic carbocycles. The quantitative estimate of drug-likeness (QED) is 0.638. The second-order valence-electron chi connectivity index (χ2n) is 3.86. The summed E-state index contributed by atoms with van der Waals surface area (Å²) in [5.41, 5.74) is 0. The van der Waals surface area contributed by atoms with Crippen molar-refractivity contribution in [3.63, 3.8) is 0 Å². The van der Waals surface area contributed by atoms with Gasteiger partial charge in [-0.2, -0.15) is 0 Å². The summed E-state index contributed by atoms with van der Waals surface area (Å²) in [6.07, 6.45) is -2.54. The van der Waals surface area contributed by atoms with Crippen molar-refractivity contribution >= 4 is 21.4 Å². The smallest absolute Gasteiger partial charge is 0.261 e. The molecule has 0 fully saturated rings. The Balaban J connectivity index is 2.41. The van der Waals surface area contributed by atoms with Crippen LogP contribution in [0.25, 0.3) is 0 Å². The lowest BCUT2D eigenvalue weighted by atomic mass is 10.4. The summed E-state index contributed by atoms with van der Waals surface area (Å²) in [6, 6.07) is 3.27. The SMILES string of the molecule is CCNCc1ccc(S(=O)(=O)NCCOCC(F)F)s1. The summed E-state index contributed by atoms with van der Waals surface area (Å²) in [6.45, 7) is 2.59. The lowest BCUT2D eigenvalue weighted by molar-refractivity contribution is 0.0199. The highest BCUT2D eigenvalue weighted by molar-refractivity contribution is 7.91. The fourth-order valence-corrected chi connectivity index (χ4v) is 3.72. The molecular formula is C11H18F2N2O3S2. The van der Waals surface area contributed by atoms with Crippen LogP contribution in [-0.4, -0.2) is 41.1 Å². The molecule has 0 saturated carbocycles. The molecule has 5 nitrogen and oxygen atoms in total. The van der Waals surface area contributed by atoms with E-state index in [1.54, 1.807) is 6.07 Å². The van der Waals surface area contributed by atoms with Gasteiger partial charge in [-0.3, -0.25) is 0 Å². The molecule has 0 radical (unpaired) electrons. The number of rotatable bonds is 10. The number of hydrogen-bond donors (Lipinski definition) is 2. The van der Waals surface area contributed by atoms with Crippen molar-refractivity contribution in [3.8, 4) is 0 Å². The van der Waals surface area contributed by atoms with Gasteiger partial charge in [-0.1, -0.05) is 6.92 Å². The van der Waals surface area contributed by atoms with Crippen LogP contribution < -0.4 is 10.0 Å². The van der Waals surface area contributed by atoms with Gasteiger partial charge < -0.3 is 10.1 Å². The lowest BCUT2D eigenvalue weighted by Gasteiger charge is -2.05. The molecule has 1 rings (SSSR count). The fourth-order valence-electron chi connectivity index (χ4n) is 1.34. The Bertz CT molecular complexity index is 492. The first-order valence-corrected chi connectivity index (χ1v) is 8.40. The minimum absolute atomic E-state index is 0.0322. The second kappa shape index (κ2) is 8.63. The first-order valence-electron chi connectivity index (χ1n) is 6.10. The van der Waals surface area contributed by atoms with E-state index in [9.17, 15) is 17.2 Å². The van der Waals surface area contributed by atoms with Crippen molar-refractivity contribution in [3.05, 3.63) is 17.0 Å². The molecule has 2 N–H and O–H groups in total. The minimum Gasteiger partial charge on any atom is -0.374 e. The Labute approximate surface area is 121 Å². The van der Waals surface area contributed by atoms with Crippen LogP contribution in [0, 0.1) is 0 Å². The van der Waals surface area contributed by atoms with E-state index in [1.807, 2.05) is 6.92 Å². The van der Waals surface area contributed by atoms with Gasteiger partial charge in [0.1, 0.15) is 10.8 Å². The molecule has 1 heterocycles. The van der Waals surface area contributed by atoms with E-state index < -0.39 is 23.1 Å². The highest BCUT2D eigenvalue weighted by atomic mass is 32.2. The molecule has 0 spiro atoms. The molecule has 0 atom stereocenters. The molecule has 0 aliphatic carbocycles. The lowest BCUT2D eigenvalue weighted by Crippen LogP contribution is -2.27. The van der Waals surface area contributed by atoms with Gasteiger partial charge in [-0.05, 0) is 18.7 Å². The van der Waals surface area contributed by atoms with Crippen LogP contribution in [0.4, 0.5) is 8.78 Å². The van der Waals surface area contributed by atoms with Gasteiger partial charge in [0.05, 0.1) is 6.61 Å². The summed E-state index contributed by atoms with van der Waals surface area (Å²) < 4.78 is 54.5. The van der Waals surface area contributed by atoms with Crippen molar-refractivity contribution < 1.29 is 21.9 Å². The first-order chi connectivity index (χ1) is 9.45. The third-order valence-electron chi connectivity index (χ3n) is 2.23. The predicted octanol–water partition coefficient (Wildman–Crippen LogP) is 1.42. The molecule has 0 saturated heterocycles. The maximum absolute atomic E-state index is 11.9. The highest BCUT2D eigenvalue weighted by Gasteiger charge is 2.16. The maximum Gasteiger partial charge on any atom is 0.261 e. The Morgan fingerprint density at radius 2 is 2.15 bits per heavy atom. The number of hydrogen-bond acceptors (Lipinski definition) is 5. The highest BCUT2D eigenvalue weighted by Crippen LogP contribution is 2.21. The Kier molecular flexibility index (Phi) is 7.52. The summed E-state index contributed by atoms with van der Waals surface area (Å²) >= 11 is 1.17. The van der Waals surface area contributed by atoms with E-state index >= 15 is 0 Å². The third kappa shape index (κ3) is 6.23. The van der Waals surface area contributed by atoms with E-state index in [0.29, 0.717) is 6.54 Å². The van der Waals surface area contributed by atoms with E-state index in [-0.39, 0.29) is 17.4 Å². The van der Waals surface area contributed by atoms with Crippen LogP contribution in [-0.2, 0) is 21.3 Å². The van der Waals surface area contributed by atoms with Gasteiger partial charge in [-0.15, -0.1) is 11.3 Å². The Hall–Kier alpha value is -0.610. The number of alkyl halides is 2. The number of ether oxygens (including phenoxy) is 1. The zero-order chi connectivity index (χ0) is 15.0. The van der Waals surface area contributed by atoms with Crippen LogP contribution in [0.15, 0.2) is 16.3 Å². The molecule has 1 aromatic rings. The van der Waals surface area contributed by atoms with Crippen LogP contribution >= 0.6 is 11.3 Å². The zero-order valence-electron chi connectivity index (χ0n) is 11.1. The zero-order valence-corrected chi connectivity index (χ0v) is 12.7. The Morgan fingerprint density at radius 3 is 2.80 bits per heavy atom. The third-order valence-corrected chi connectivity index (χ3v) is 5.27. The fraction of sp³-hybridized carbons (Fsp3) is 0.636. The van der Waals surface area contributed by atoms with E-state index in [1.165, 1.54) is 17.4 Å². The van der Waals surface area contributed by atoms with Gasteiger partial charge in [0, 0.05) is 18.0 Å². The number of nitrogens with one attached hydrogen (secondary N) is 2. The first kappa shape index (κ1) is 17.4. The van der Waals surface area contributed by atoms with E-state index in [0.717, 1.165) is 11.4 Å². The van der Waals surface area contributed by atoms with Crippen LogP contribution in [0.1, 0.15) is 11.8 Å². The average Bonchev–Trinajstić information content (AvgIpc) is 2.85. The number of halogens is 2. The molecule has 1 aromatic heterocycles. The summed E-state index contributed by atoms with van der Waals surface area (Å²) in [4.78, 5) is 0.918. The average molecular weight is 328 g/mol. The minimum atomic E-state index is -3.59. The van der Waals surface area contributed by atoms with Gasteiger partial charge in [-0.25, -0.2) is 21.9 Å². The topological polar surface area (TPSA) is 67.4 Å².